The molecule has 0 aliphatic carbocycles. The maximum Gasteiger partial charge on any atom is 0.258 e. The number of hydrogen-bond donors (Lipinski definition) is 1. The lowest BCUT2D eigenvalue weighted by Crippen LogP contribution is -2.14. The van der Waals surface area contributed by atoms with E-state index in [0.29, 0.717) is 11.5 Å². The molecular weight excluding hydrogens is 272 g/mol. The third kappa shape index (κ3) is 3.17. The van der Waals surface area contributed by atoms with E-state index in [1.807, 2.05) is 24.3 Å². The Hall–Kier alpha value is -1.87. The van der Waals surface area contributed by atoms with E-state index in [0.717, 1.165) is 17.7 Å². The van der Waals surface area contributed by atoms with E-state index in [1.54, 1.807) is 18.3 Å². The Morgan fingerprint density at radius 1 is 1.30 bits per heavy atom. The average Bonchev–Trinajstić information content (AvgIpc) is 2.47. The number of pyridine rings is 1. The summed E-state index contributed by atoms with van der Waals surface area (Å²) in [6.07, 6.45) is 2.58. The Labute approximate surface area is 124 Å². The van der Waals surface area contributed by atoms with Crippen molar-refractivity contribution in [2.75, 3.05) is 5.32 Å². The zero-order chi connectivity index (χ0) is 14.5. The molecule has 1 aromatic carbocycles. The van der Waals surface area contributed by atoms with Gasteiger partial charge < -0.3 is 5.32 Å². The van der Waals surface area contributed by atoms with Gasteiger partial charge >= 0.3 is 0 Å². The number of amides is 1. The maximum absolute atomic E-state index is 12.3. The van der Waals surface area contributed by atoms with Gasteiger partial charge in [-0.25, -0.2) is 4.98 Å². The van der Waals surface area contributed by atoms with Crippen LogP contribution in [-0.2, 0) is 0 Å². The molecule has 0 unspecified atom stereocenters. The molecule has 0 saturated carbocycles. The fourth-order valence-electron chi connectivity index (χ4n) is 2.01. The zero-order valence-corrected chi connectivity index (χ0v) is 12.3. The second-order valence-corrected chi connectivity index (χ2v) is 5.05. The molecule has 104 valence electrons. The smallest absolute Gasteiger partial charge is 0.258 e. The van der Waals surface area contributed by atoms with Crippen LogP contribution < -0.4 is 5.32 Å². The molecule has 0 bridgehead atoms. The topological polar surface area (TPSA) is 42.0 Å². The molecule has 4 heteroatoms. The lowest BCUT2D eigenvalue weighted by atomic mass is 9.97. The molecule has 2 aromatic rings. The molecule has 1 N–H and O–H groups in total. The second-order valence-electron chi connectivity index (χ2n) is 4.69. The zero-order valence-electron chi connectivity index (χ0n) is 11.6. The summed E-state index contributed by atoms with van der Waals surface area (Å²) in [4.78, 5) is 16.2. The third-order valence-electron chi connectivity index (χ3n) is 3.36. The summed E-state index contributed by atoms with van der Waals surface area (Å²) in [5.74, 6) is 0.148. The Balaban J connectivity index is 2.27. The summed E-state index contributed by atoms with van der Waals surface area (Å²) in [5.41, 5.74) is 2.34. The molecule has 0 aliphatic rings. The summed E-state index contributed by atoms with van der Waals surface area (Å²) < 4.78 is 0. The van der Waals surface area contributed by atoms with Gasteiger partial charge in [-0.05, 0) is 36.1 Å². The number of halogens is 1. The summed E-state index contributed by atoms with van der Waals surface area (Å²) in [5, 5.41) is 3.13. The minimum Gasteiger partial charge on any atom is -0.322 e. The summed E-state index contributed by atoms with van der Waals surface area (Å²) in [6.45, 7) is 4.27. The first-order chi connectivity index (χ1) is 9.63. The normalized spacial score (nSPS) is 11.9. The fraction of sp³-hybridized carbons (Fsp3) is 0.250. The van der Waals surface area contributed by atoms with E-state index in [9.17, 15) is 4.79 Å². The second kappa shape index (κ2) is 6.53. The lowest BCUT2D eigenvalue weighted by Gasteiger charge is -2.15. The highest BCUT2D eigenvalue weighted by molar-refractivity contribution is 6.33. The first-order valence-corrected chi connectivity index (χ1v) is 7.02. The standard InChI is InChI=1S/C16H17ClN2O/c1-3-11(2)12-7-4-5-9-14(12)19-16(20)13-8-6-10-18-15(13)17/h4-11H,3H2,1-2H3,(H,19,20)/t11-/m1/s1. The summed E-state index contributed by atoms with van der Waals surface area (Å²) in [7, 11) is 0. The number of nitrogens with zero attached hydrogens (tertiary/aromatic N) is 1. The van der Waals surface area contributed by atoms with E-state index < -0.39 is 0 Å². The van der Waals surface area contributed by atoms with Gasteiger partial charge in [0.15, 0.2) is 0 Å². The largest absolute Gasteiger partial charge is 0.322 e. The molecule has 1 heterocycles. The fourth-order valence-corrected chi connectivity index (χ4v) is 2.21. The van der Waals surface area contributed by atoms with Gasteiger partial charge in [0.05, 0.1) is 5.56 Å². The van der Waals surface area contributed by atoms with Crippen LogP contribution in [-0.4, -0.2) is 10.9 Å². The highest BCUT2D eigenvalue weighted by Crippen LogP contribution is 2.27. The van der Waals surface area contributed by atoms with Crippen LogP contribution in [0.15, 0.2) is 42.6 Å². The Bertz CT molecular complexity index is 613. The van der Waals surface area contributed by atoms with Crippen molar-refractivity contribution in [2.45, 2.75) is 26.2 Å². The third-order valence-corrected chi connectivity index (χ3v) is 3.66. The number of benzene rings is 1. The molecule has 1 aromatic heterocycles. The first kappa shape index (κ1) is 14.5. The molecule has 1 amide bonds. The number of para-hydroxylation sites is 1. The van der Waals surface area contributed by atoms with Crippen molar-refractivity contribution in [3.63, 3.8) is 0 Å². The maximum atomic E-state index is 12.3. The predicted molar refractivity (Wildman–Crippen MR) is 82.3 cm³/mol. The van der Waals surface area contributed by atoms with Gasteiger partial charge in [0.25, 0.3) is 5.91 Å². The number of nitrogens with one attached hydrogen (secondary N) is 1. The number of hydrogen-bond acceptors (Lipinski definition) is 2. The number of anilines is 1. The molecule has 1 atom stereocenters. The van der Waals surface area contributed by atoms with Crippen LogP contribution >= 0.6 is 11.6 Å². The molecular formula is C16H17ClN2O. The van der Waals surface area contributed by atoms with Crippen molar-refractivity contribution in [3.05, 3.63) is 58.9 Å². The van der Waals surface area contributed by atoms with Crippen molar-refractivity contribution in [1.82, 2.24) is 4.98 Å². The van der Waals surface area contributed by atoms with Gasteiger partial charge in [0.2, 0.25) is 0 Å². The number of aromatic nitrogens is 1. The lowest BCUT2D eigenvalue weighted by molar-refractivity contribution is 0.102. The van der Waals surface area contributed by atoms with Crippen molar-refractivity contribution < 1.29 is 4.79 Å². The van der Waals surface area contributed by atoms with Gasteiger partial charge in [-0.15, -0.1) is 0 Å². The van der Waals surface area contributed by atoms with E-state index in [-0.39, 0.29) is 11.1 Å². The molecule has 0 radical (unpaired) electrons. The Morgan fingerprint density at radius 2 is 2.05 bits per heavy atom. The highest BCUT2D eigenvalue weighted by atomic mass is 35.5. The molecule has 0 spiro atoms. The van der Waals surface area contributed by atoms with Crippen LogP contribution in [0, 0.1) is 0 Å². The predicted octanol–water partition coefficient (Wildman–Crippen LogP) is 4.50. The number of rotatable bonds is 4. The minimum absolute atomic E-state index is 0.214. The van der Waals surface area contributed by atoms with Gasteiger partial charge in [-0.1, -0.05) is 43.6 Å². The van der Waals surface area contributed by atoms with Crippen LogP contribution in [0.1, 0.15) is 42.1 Å². The van der Waals surface area contributed by atoms with Crippen LogP contribution in [0.3, 0.4) is 0 Å². The molecule has 0 aliphatic heterocycles. The molecule has 0 saturated heterocycles. The quantitative estimate of drug-likeness (QED) is 0.842. The van der Waals surface area contributed by atoms with Crippen LogP contribution in [0.4, 0.5) is 5.69 Å². The van der Waals surface area contributed by atoms with Crippen molar-refractivity contribution in [1.29, 1.82) is 0 Å². The molecule has 0 fully saturated rings. The van der Waals surface area contributed by atoms with E-state index in [1.165, 1.54) is 0 Å². The van der Waals surface area contributed by atoms with Crippen molar-refractivity contribution in [3.8, 4) is 0 Å². The monoisotopic (exact) mass is 288 g/mol. The van der Waals surface area contributed by atoms with Crippen LogP contribution in [0.2, 0.25) is 5.15 Å². The first-order valence-electron chi connectivity index (χ1n) is 6.64. The van der Waals surface area contributed by atoms with E-state index >= 15 is 0 Å². The molecule has 20 heavy (non-hydrogen) atoms. The number of carbonyl (C=O) groups excluding carboxylic acids is 1. The van der Waals surface area contributed by atoms with E-state index in [2.05, 4.69) is 24.1 Å². The molecule has 2 rings (SSSR count). The van der Waals surface area contributed by atoms with Crippen LogP contribution in [0.5, 0.6) is 0 Å². The highest BCUT2D eigenvalue weighted by Gasteiger charge is 2.14. The SMILES string of the molecule is CC[C@@H](C)c1ccccc1NC(=O)c1cccnc1Cl. The minimum atomic E-state index is -0.237. The van der Waals surface area contributed by atoms with Gasteiger partial charge in [-0.3, -0.25) is 4.79 Å². The van der Waals surface area contributed by atoms with Crippen molar-refractivity contribution >= 4 is 23.2 Å². The van der Waals surface area contributed by atoms with Crippen LogP contribution in [0.25, 0.3) is 0 Å². The number of carbonyl (C=O) groups is 1. The van der Waals surface area contributed by atoms with E-state index in [4.69, 9.17) is 11.6 Å². The summed E-state index contributed by atoms with van der Waals surface area (Å²) in [6, 6.07) is 11.2. The van der Waals surface area contributed by atoms with Gasteiger partial charge in [-0.2, -0.15) is 0 Å². The van der Waals surface area contributed by atoms with Crippen molar-refractivity contribution in [2.24, 2.45) is 0 Å². The molecule has 3 nitrogen and oxygen atoms in total. The summed E-state index contributed by atoms with van der Waals surface area (Å²) >= 11 is 5.94. The van der Waals surface area contributed by atoms with Gasteiger partial charge in [0, 0.05) is 11.9 Å². The Kier molecular flexibility index (Phi) is 4.74. The Morgan fingerprint density at radius 3 is 2.75 bits per heavy atom. The van der Waals surface area contributed by atoms with Gasteiger partial charge in [0.1, 0.15) is 5.15 Å². The average molecular weight is 289 g/mol.